The molecule has 2 bridgehead atoms. The molecule has 2 aliphatic carbocycles. The zero-order chi connectivity index (χ0) is 18.8. The molecular formula is C23H26ClNOS. The molecule has 0 heterocycles. The lowest BCUT2D eigenvalue weighted by atomic mass is 9.84. The first-order valence-electron chi connectivity index (χ1n) is 9.86. The molecule has 2 fully saturated rings. The number of carbonyl (C=O) groups excluding carboxylic acids is 1. The second-order valence-corrected chi connectivity index (χ2v) is 9.53. The zero-order valence-corrected chi connectivity index (χ0v) is 17.2. The van der Waals surface area contributed by atoms with E-state index in [1.807, 2.05) is 36.4 Å². The maximum Gasteiger partial charge on any atom is 0.251 e. The second-order valence-electron chi connectivity index (χ2n) is 8.04. The van der Waals surface area contributed by atoms with Crippen molar-refractivity contribution in [1.29, 1.82) is 0 Å². The third kappa shape index (κ3) is 4.52. The molecule has 142 valence electrons. The molecule has 0 aromatic heterocycles. The summed E-state index contributed by atoms with van der Waals surface area (Å²) in [5.41, 5.74) is 1.97. The van der Waals surface area contributed by atoms with E-state index in [0.29, 0.717) is 5.92 Å². The molecule has 0 unspecified atom stereocenters. The Hall–Kier alpha value is -1.45. The molecule has 0 saturated heterocycles. The average molecular weight is 400 g/mol. The number of halogens is 1. The Morgan fingerprint density at radius 2 is 1.85 bits per heavy atom. The van der Waals surface area contributed by atoms with Crippen LogP contribution in [0, 0.1) is 17.8 Å². The molecule has 1 N–H and O–H groups in total. The summed E-state index contributed by atoms with van der Waals surface area (Å²) in [5.74, 6) is 3.35. The molecule has 4 rings (SSSR count). The van der Waals surface area contributed by atoms with Crippen molar-refractivity contribution in [3.63, 3.8) is 0 Å². The number of amides is 1. The van der Waals surface area contributed by atoms with Crippen molar-refractivity contribution >= 4 is 29.3 Å². The normalized spacial score (nSPS) is 24.7. The van der Waals surface area contributed by atoms with Crippen molar-refractivity contribution in [2.75, 3.05) is 0 Å². The van der Waals surface area contributed by atoms with Crippen LogP contribution in [0.2, 0.25) is 5.02 Å². The van der Waals surface area contributed by atoms with Gasteiger partial charge in [-0.2, -0.15) is 0 Å². The number of hydrogen-bond acceptors (Lipinski definition) is 2. The van der Waals surface area contributed by atoms with E-state index in [2.05, 4.69) is 24.4 Å². The Balaban J connectivity index is 1.30. The molecular weight excluding hydrogens is 374 g/mol. The van der Waals surface area contributed by atoms with Crippen molar-refractivity contribution < 1.29 is 4.79 Å². The minimum Gasteiger partial charge on any atom is -0.349 e. The fraction of sp³-hybridized carbons (Fsp3) is 0.435. The lowest BCUT2D eigenvalue weighted by Crippen LogP contribution is -2.40. The average Bonchev–Trinajstić information content (AvgIpc) is 3.31. The van der Waals surface area contributed by atoms with Gasteiger partial charge in [-0.15, -0.1) is 11.8 Å². The van der Waals surface area contributed by atoms with E-state index in [1.54, 1.807) is 11.8 Å². The first-order chi connectivity index (χ1) is 13.1. The zero-order valence-electron chi connectivity index (χ0n) is 15.7. The first-order valence-corrected chi connectivity index (χ1v) is 11.2. The van der Waals surface area contributed by atoms with Gasteiger partial charge in [0.15, 0.2) is 0 Å². The number of benzene rings is 2. The van der Waals surface area contributed by atoms with Gasteiger partial charge in [-0.1, -0.05) is 30.2 Å². The van der Waals surface area contributed by atoms with Crippen molar-refractivity contribution in [3.05, 3.63) is 64.7 Å². The van der Waals surface area contributed by atoms with Crippen LogP contribution in [0.5, 0.6) is 0 Å². The van der Waals surface area contributed by atoms with Gasteiger partial charge in [0.2, 0.25) is 0 Å². The van der Waals surface area contributed by atoms with Crippen molar-refractivity contribution in [2.24, 2.45) is 17.8 Å². The Kier molecular flexibility index (Phi) is 5.79. The molecule has 4 heteroatoms. The quantitative estimate of drug-likeness (QED) is 0.587. The van der Waals surface area contributed by atoms with Crippen LogP contribution in [0.25, 0.3) is 0 Å². The number of carbonyl (C=O) groups is 1. The van der Waals surface area contributed by atoms with Gasteiger partial charge in [-0.05, 0) is 85.9 Å². The molecule has 1 amide bonds. The summed E-state index contributed by atoms with van der Waals surface area (Å²) in [6, 6.07) is 16.2. The minimum atomic E-state index is 0.0576. The summed E-state index contributed by atoms with van der Waals surface area (Å²) in [6.07, 6.45) is 5.44. The SMILES string of the molecule is C[C@H](NC(=O)c1ccc(CSc2ccc(Cl)cc2)cc1)[C@H]1C[C@@H]2CC[C@H]1C2. The number of hydrogen-bond donors (Lipinski definition) is 1. The highest BCUT2D eigenvalue weighted by molar-refractivity contribution is 7.98. The standard InChI is InChI=1S/C23H26ClNOS/c1-15(22-13-17-4-7-19(22)12-17)25-23(26)18-5-2-16(3-6-18)14-27-21-10-8-20(24)9-11-21/h2-3,5-6,8-11,15,17,19,22H,4,7,12-14H2,1H3,(H,25,26)/t15-,17+,19-,22+/m0/s1. The Morgan fingerprint density at radius 3 is 2.48 bits per heavy atom. The Labute approximate surface area is 171 Å². The van der Waals surface area contributed by atoms with Crippen LogP contribution in [0.15, 0.2) is 53.4 Å². The van der Waals surface area contributed by atoms with Gasteiger partial charge in [-0.25, -0.2) is 0 Å². The lowest BCUT2D eigenvalue weighted by molar-refractivity contribution is 0.0915. The van der Waals surface area contributed by atoms with Crippen LogP contribution in [0.1, 0.15) is 48.5 Å². The molecule has 2 aliphatic rings. The van der Waals surface area contributed by atoms with Crippen LogP contribution in [0.3, 0.4) is 0 Å². The van der Waals surface area contributed by atoms with E-state index >= 15 is 0 Å². The molecule has 2 saturated carbocycles. The van der Waals surface area contributed by atoms with E-state index < -0.39 is 0 Å². The maximum absolute atomic E-state index is 12.6. The third-order valence-electron chi connectivity index (χ3n) is 6.23. The Bertz CT molecular complexity index is 789. The van der Waals surface area contributed by atoms with Crippen LogP contribution in [-0.2, 0) is 5.75 Å². The van der Waals surface area contributed by atoms with Gasteiger partial charge in [0.25, 0.3) is 5.91 Å². The van der Waals surface area contributed by atoms with Gasteiger partial charge in [0, 0.05) is 27.3 Å². The summed E-state index contributed by atoms with van der Waals surface area (Å²) in [6.45, 7) is 2.18. The highest BCUT2D eigenvalue weighted by Crippen LogP contribution is 2.49. The molecule has 4 atom stereocenters. The number of rotatable bonds is 6. The predicted octanol–water partition coefficient (Wildman–Crippen LogP) is 6.19. The van der Waals surface area contributed by atoms with E-state index in [-0.39, 0.29) is 11.9 Å². The fourth-order valence-electron chi connectivity index (χ4n) is 4.75. The molecule has 2 aromatic carbocycles. The number of thioether (sulfide) groups is 1. The highest BCUT2D eigenvalue weighted by atomic mass is 35.5. The molecule has 27 heavy (non-hydrogen) atoms. The molecule has 2 aromatic rings. The first kappa shape index (κ1) is 18.9. The van der Waals surface area contributed by atoms with Crippen LogP contribution >= 0.6 is 23.4 Å². The van der Waals surface area contributed by atoms with E-state index in [1.165, 1.54) is 36.1 Å². The maximum atomic E-state index is 12.6. The van der Waals surface area contributed by atoms with Crippen LogP contribution < -0.4 is 5.32 Å². The van der Waals surface area contributed by atoms with Crippen molar-refractivity contribution in [1.82, 2.24) is 5.32 Å². The van der Waals surface area contributed by atoms with E-state index in [0.717, 1.165) is 28.2 Å². The topological polar surface area (TPSA) is 29.1 Å². The molecule has 0 radical (unpaired) electrons. The Morgan fingerprint density at radius 1 is 1.11 bits per heavy atom. The van der Waals surface area contributed by atoms with Gasteiger partial charge in [0.1, 0.15) is 0 Å². The summed E-state index contributed by atoms with van der Waals surface area (Å²) < 4.78 is 0. The number of fused-ring (bicyclic) bond motifs is 2. The molecule has 0 aliphatic heterocycles. The van der Waals surface area contributed by atoms with E-state index in [9.17, 15) is 4.79 Å². The fourth-order valence-corrected chi connectivity index (χ4v) is 5.73. The molecule has 2 nitrogen and oxygen atoms in total. The van der Waals surface area contributed by atoms with Gasteiger partial charge < -0.3 is 5.32 Å². The molecule has 0 spiro atoms. The summed E-state index contributed by atoms with van der Waals surface area (Å²) in [5, 5.41) is 4.01. The highest BCUT2D eigenvalue weighted by Gasteiger charge is 2.42. The van der Waals surface area contributed by atoms with Crippen LogP contribution in [-0.4, -0.2) is 11.9 Å². The summed E-state index contributed by atoms with van der Waals surface area (Å²) >= 11 is 7.70. The summed E-state index contributed by atoms with van der Waals surface area (Å²) in [4.78, 5) is 13.8. The van der Waals surface area contributed by atoms with Crippen molar-refractivity contribution in [3.8, 4) is 0 Å². The summed E-state index contributed by atoms with van der Waals surface area (Å²) in [7, 11) is 0. The predicted molar refractivity (Wildman–Crippen MR) is 113 cm³/mol. The van der Waals surface area contributed by atoms with Gasteiger partial charge in [0.05, 0.1) is 0 Å². The monoisotopic (exact) mass is 399 g/mol. The minimum absolute atomic E-state index is 0.0576. The van der Waals surface area contributed by atoms with Crippen LogP contribution in [0.4, 0.5) is 0 Å². The van der Waals surface area contributed by atoms with Crippen molar-refractivity contribution in [2.45, 2.75) is 49.3 Å². The smallest absolute Gasteiger partial charge is 0.251 e. The third-order valence-corrected chi connectivity index (χ3v) is 7.56. The van der Waals surface area contributed by atoms with E-state index in [4.69, 9.17) is 11.6 Å². The lowest BCUT2D eigenvalue weighted by Gasteiger charge is -2.28. The van der Waals surface area contributed by atoms with Gasteiger partial charge >= 0.3 is 0 Å². The van der Waals surface area contributed by atoms with Gasteiger partial charge in [-0.3, -0.25) is 4.79 Å². The largest absolute Gasteiger partial charge is 0.349 e. The number of nitrogens with one attached hydrogen (secondary N) is 1. The second kappa shape index (κ2) is 8.28.